The highest BCUT2D eigenvalue weighted by molar-refractivity contribution is 6.42. The van der Waals surface area contributed by atoms with Crippen LogP contribution in [0.3, 0.4) is 0 Å². The predicted molar refractivity (Wildman–Crippen MR) is 114 cm³/mol. The normalized spacial score (nSPS) is 17.9. The number of aliphatic imine (C=N–C) groups is 1. The number of hydrogen-bond donors (Lipinski definition) is 1. The van der Waals surface area contributed by atoms with Gasteiger partial charge in [0.15, 0.2) is 5.96 Å². The summed E-state index contributed by atoms with van der Waals surface area (Å²) in [5.41, 5.74) is 3.39. The molecule has 0 saturated carbocycles. The van der Waals surface area contributed by atoms with Crippen LogP contribution >= 0.6 is 23.2 Å². The predicted octanol–water partition coefficient (Wildman–Crippen LogP) is 5.70. The largest absolute Gasteiger partial charge is 0.347 e. The SMILES string of the molecule is Clc1ccc(CN=C2N[C@H](c3ccccc3)CN2c2ccccc2)cc1Cl. The van der Waals surface area contributed by atoms with Crippen LogP contribution in [0.4, 0.5) is 5.69 Å². The minimum Gasteiger partial charge on any atom is -0.347 e. The summed E-state index contributed by atoms with van der Waals surface area (Å²) in [6, 6.07) is 26.6. The molecule has 0 amide bonds. The first-order valence-corrected chi connectivity index (χ1v) is 9.59. The van der Waals surface area contributed by atoms with Gasteiger partial charge < -0.3 is 10.2 Å². The molecule has 0 aliphatic carbocycles. The van der Waals surface area contributed by atoms with Gasteiger partial charge in [0, 0.05) is 5.69 Å². The molecule has 0 bridgehead atoms. The van der Waals surface area contributed by atoms with Crippen LogP contribution in [0.2, 0.25) is 10.0 Å². The van der Waals surface area contributed by atoms with Crippen molar-refractivity contribution in [3.05, 3.63) is 100 Å². The maximum absolute atomic E-state index is 6.13. The number of hydrogen-bond acceptors (Lipinski definition) is 1. The second-order valence-corrected chi connectivity index (χ2v) is 7.26. The Labute approximate surface area is 169 Å². The number of halogens is 2. The summed E-state index contributed by atoms with van der Waals surface area (Å²) < 4.78 is 0. The Hall–Kier alpha value is -2.49. The van der Waals surface area contributed by atoms with Crippen LogP contribution in [-0.4, -0.2) is 12.5 Å². The summed E-state index contributed by atoms with van der Waals surface area (Å²) in [4.78, 5) is 7.04. The van der Waals surface area contributed by atoms with Crippen molar-refractivity contribution < 1.29 is 0 Å². The van der Waals surface area contributed by atoms with Gasteiger partial charge in [0.05, 0.1) is 29.2 Å². The molecule has 1 aliphatic rings. The second kappa shape index (κ2) is 8.03. The van der Waals surface area contributed by atoms with Crippen molar-refractivity contribution in [3.8, 4) is 0 Å². The van der Waals surface area contributed by atoms with Crippen LogP contribution in [0.25, 0.3) is 0 Å². The Morgan fingerprint density at radius 2 is 1.59 bits per heavy atom. The number of nitrogens with zero attached hydrogens (tertiary/aromatic N) is 2. The smallest absolute Gasteiger partial charge is 0.199 e. The zero-order valence-electron chi connectivity index (χ0n) is 14.6. The van der Waals surface area contributed by atoms with Gasteiger partial charge >= 0.3 is 0 Å². The molecule has 0 unspecified atom stereocenters. The van der Waals surface area contributed by atoms with Crippen LogP contribution in [0.1, 0.15) is 17.2 Å². The van der Waals surface area contributed by atoms with Gasteiger partial charge in [-0.2, -0.15) is 0 Å². The van der Waals surface area contributed by atoms with Gasteiger partial charge in [-0.1, -0.05) is 77.8 Å². The van der Waals surface area contributed by atoms with Crippen molar-refractivity contribution in [2.24, 2.45) is 4.99 Å². The van der Waals surface area contributed by atoms with Crippen molar-refractivity contribution in [1.29, 1.82) is 0 Å². The highest BCUT2D eigenvalue weighted by Crippen LogP contribution is 2.26. The van der Waals surface area contributed by atoms with Crippen molar-refractivity contribution in [2.75, 3.05) is 11.4 Å². The molecule has 0 aromatic heterocycles. The molecule has 4 rings (SSSR count). The molecule has 1 atom stereocenters. The zero-order chi connectivity index (χ0) is 18.6. The Morgan fingerprint density at radius 1 is 0.889 bits per heavy atom. The second-order valence-electron chi connectivity index (χ2n) is 6.44. The van der Waals surface area contributed by atoms with Crippen LogP contribution in [0.5, 0.6) is 0 Å². The third-order valence-electron chi connectivity index (χ3n) is 4.59. The fraction of sp³-hybridized carbons (Fsp3) is 0.136. The van der Waals surface area contributed by atoms with Gasteiger partial charge in [0.2, 0.25) is 0 Å². The molecule has 27 heavy (non-hydrogen) atoms. The summed E-state index contributed by atoms with van der Waals surface area (Å²) in [5.74, 6) is 0.862. The lowest BCUT2D eigenvalue weighted by Crippen LogP contribution is -2.30. The maximum Gasteiger partial charge on any atom is 0.199 e. The van der Waals surface area contributed by atoms with E-state index < -0.39 is 0 Å². The van der Waals surface area contributed by atoms with E-state index in [0.717, 1.165) is 23.8 Å². The molecular formula is C22H19Cl2N3. The van der Waals surface area contributed by atoms with Crippen LogP contribution in [0, 0.1) is 0 Å². The third kappa shape index (κ3) is 4.10. The van der Waals surface area contributed by atoms with Crippen molar-refractivity contribution in [1.82, 2.24) is 5.32 Å². The Balaban J connectivity index is 1.61. The van der Waals surface area contributed by atoms with Gasteiger partial charge in [-0.3, -0.25) is 0 Å². The van der Waals surface area contributed by atoms with Crippen molar-refractivity contribution in [3.63, 3.8) is 0 Å². The number of para-hydroxylation sites is 1. The highest BCUT2D eigenvalue weighted by atomic mass is 35.5. The zero-order valence-corrected chi connectivity index (χ0v) is 16.2. The molecule has 1 fully saturated rings. The van der Waals surface area contributed by atoms with E-state index in [1.165, 1.54) is 5.56 Å². The molecule has 136 valence electrons. The summed E-state index contributed by atoms with van der Waals surface area (Å²) >= 11 is 12.1. The minimum atomic E-state index is 0.193. The topological polar surface area (TPSA) is 27.6 Å². The third-order valence-corrected chi connectivity index (χ3v) is 5.33. The lowest BCUT2D eigenvalue weighted by atomic mass is 10.1. The number of benzene rings is 3. The monoisotopic (exact) mass is 395 g/mol. The number of rotatable bonds is 4. The minimum absolute atomic E-state index is 0.193. The van der Waals surface area contributed by atoms with E-state index >= 15 is 0 Å². The van der Waals surface area contributed by atoms with Gasteiger partial charge in [0.1, 0.15) is 0 Å². The number of guanidine groups is 1. The molecule has 1 heterocycles. The Kier molecular flexibility index (Phi) is 5.33. The lowest BCUT2D eigenvalue weighted by molar-refractivity contribution is 0.720. The molecule has 0 spiro atoms. The summed E-state index contributed by atoms with van der Waals surface area (Å²) in [6.45, 7) is 1.36. The van der Waals surface area contributed by atoms with E-state index in [2.05, 4.69) is 46.6 Å². The summed E-state index contributed by atoms with van der Waals surface area (Å²) in [7, 11) is 0. The summed E-state index contributed by atoms with van der Waals surface area (Å²) in [5, 5.41) is 4.68. The average Bonchev–Trinajstić information content (AvgIpc) is 3.14. The van der Waals surface area contributed by atoms with E-state index in [1.807, 2.05) is 42.5 Å². The first-order valence-electron chi connectivity index (χ1n) is 8.83. The van der Waals surface area contributed by atoms with Crippen LogP contribution < -0.4 is 10.2 Å². The molecule has 1 saturated heterocycles. The van der Waals surface area contributed by atoms with E-state index in [0.29, 0.717) is 16.6 Å². The standard InChI is InChI=1S/C22H19Cl2N3/c23-19-12-11-16(13-20(19)24)14-25-22-26-21(17-7-3-1-4-8-17)15-27(22)18-9-5-2-6-10-18/h1-13,21H,14-15H2,(H,25,26)/t21-/m0/s1. The lowest BCUT2D eigenvalue weighted by Gasteiger charge is -2.17. The average molecular weight is 396 g/mol. The molecule has 0 radical (unpaired) electrons. The van der Waals surface area contributed by atoms with E-state index in [4.69, 9.17) is 28.2 Å². The van der Waals surface area contributed by atoms with Gasteiger partial charge in [-0.25, -0.2) is 4.99 Å². The van der Waals surface area contributed by atoms with E-state index in [9.17, 15) is 0 Å². The van der Waals surface area contributed by atoms with Crippen molar-refractivity contribution in [2.45, 2.75) is 12.6 Å². The molecule has 3 aromatic rings. The molecule has 5 heteroatoms. The quantitative estimate of drug-likeness (QED) is 0.613. The van der Waals surface area contributed by atoms with E-state index in [-0.39, 0.29) is 6.04 Å². The summed E-state index contributed by atoms with van der Waals surface area (Å²) in [6.07, 6.45) is 0. The fourth-order valence-electron chi connectivity index (χ4n) is 3.19. The maximum atomic E-state index is 6.13. The first kappa shape index (κ1) is 17.9. The first-order chi connectivity index (χ1) is 13.2. The van der Waals surface area contributed by atoms with Gasteiger partial charge in [-0.05, 0) is 35.4 Å². The molecule has 3 aromatic carbocycles. The molecule has 1 aliphatic heterocycles. The van der Waals surface area contributed by atoms with Gasteiger partial charge in [-0.15, -0.1) is 0 Å². The fourth-order valence-corrected chi connectivity index (χ4v) is 3.51. The highest BCUT2D eigenvalue weighted by Gasteiger charge is 2.29. The van der Waals surface area contributed by atoms with Crippen molar-refractivity contribution >= 4 is 34.8 Å². The van der Waals surface area contributed by atoms with Crippen LogP contribution in [-0.2, 0) is 6.54 Å². The molecular weight excluding hydrogens is 377 g/mol. The number of nitrogens with one attached hydrogen (secondary N) is 1. The van der Waals surface area contributed by atoms with E-state index in [1.54, 1.807) is 0 Å². The Morgan fingerprint density at radius 3 is 2.30 bits per heavy atom. The van der Waals surface area contributed by atoms with Gasteiger partial charge in [0.25, 0.3) is 0 Å². The Bertz CT molecular complexity index is 942. The van der Waals surface area contributed by atoms with Crippen LogP contribution in [0.15, 0.2) is 83.9 Å². The number of anilines is 1. The molecule has 3 nitrogen and oxygen atoms in total. The molecule has 1 N–H and O–H groups in total.